The van der Waals surface area contributed by atoms with Crippen LogP contribution in [-0.2, 0) is 16.1 Å². The van der Waals surface area contributed by atoms with Crippen LogP contribution in [0.5, 0.6) is 0 Å². The van der Waals surface area contributed by atoms with Crippen molar-refractivity contribution >= 4 is 23.2 Å². The van der Waals surface area contributed by atoms with Crippen molar-refractivity contribution in [1.82, 2.24) is 9.78 Å². The highest BCUT2D eigenvalue weighted by Gasteiger charge is 2.16. The number of hydrogen-bond acceptors (Lipinski definition) is 3. The van der Waals surface area contributed by atoms with E-state index in [1.165, 1.54) is 0 Å². The molecule has 0 radical (unpaired) electrons. The monoisotopic (exact) mass is 243 g/mol. The summed E-state index contributed by atoms with van der Waals surface area (Å²) in [5.74, 6) is -0.268. The van der Waals surface area contributed by atoms with E-state index >= 15 is 0 Å². The molecule has 88 valence electrons. The lowest BCUT2D eigenvalue weighted by atomic mass is 10.2. The number of nitrogens with one attached hydrogen (secondary N) is 1. The van der Waals surface area contributed by atoms with Crippen LogP contribution in [-0.4, -0.2) is 34.3 Å². The fourth-order valence-electron chi connectivity index (χ4n) is 1.72. The lowest BCUT2D eigenvalue weighted by Gasteiger charge is -2.08. The number of amides is 1. The normalized spacial score (nSPS) is 19.9. The molecule has 0 aliphatic carbocycles. The van der Waals surface area contributed by atoms with Gasteiger partial charge in [-0.25, -0.2) is 0 Å². The fraction of sp³-hybridized carbons (Fsp3) is 0.600. The van der Waals surface area contributed by atoms with Gasteiger partial charge in [-0.1, -0.05) is 0 Å². The van der Waals surface area contributed by atoms with Crippen molar-refractivity contribution in [2.45, 2.75) is 25.5 Å². The van der Waals surface area contributed by atoms with Crippen molar-refractivity contribution in [2.24, 2.45) is 0 Å². The van der Waals surface area contributed by atoms with Gasteiger partial charge in [-0.3, -0.25) is 9.48 Å². The van der Waals surface area contributed by atoms with Gasteiger partial charge in [-0.05, 0) is 12.8 Å². The van der Waals surface area contributed by atoms with Crippen LogP contribution in [0, 0.1) is 0 Å². The Morgan fingerprint density at radius 2 is 2.62 bits per heavy atom. The zero-order valence-electron chi connectivity index (χ0n) is 8.86. The average molecular weight is 244 g/mol. The van der Waals surface area contributed by atoms with Crippen molar-refractivity contribution in [2.75, 3.05) is 17.8 Å². The van der Waals surface area contributed by atoms with Crippen molar-refractivity contribution in [1.29, 1.82) is 0 Å². The Labute approximate surface area is 98.7 Å². The minimum Gasteiger partial charge on any atom is -0.376 e. The van der Waals surface area contributed by atoms with Crippen LogP contribution < -0.4 is 5.32 Å². The van der Waals surface area contributed by atoms with Crippen LogP contribution in [0.25, 0.3) is 0 Å². The molecule has 2 heterocycles. The third kappa shape index (κ3) is 2.96. The number of nitrogens with zero attached hydrogens (tertiary/aromatic N) is 2. The molecule has 1 fully saturated rings. The first kappa shape index (κ1) is 11.4. The summed E-state index contributed by atoms with van der Waals surface area (Å²) in [6.07, 6.45) is 5.83. The smallest absolute Gasteiger partial charge is 0.239 e. The first-order valence-electron chi connectivity index (χ1n) is 5.28. The minimum absolute atomic E-state index is 0.0447. The van der Waals surface area contributed by atoms with E-state index in [0.717, 1.165) is 26.0 Å². The summed E-state index contributed by atoms with van der Waals surface area (Å²) >= 11 is 5.39. The van der Waals surface area contributed by atoms with E-state index in [-0.39, 0.29) is 17.9 Å². The third-order valence-electron chi connectivity index (χ3n) is 2.45. The van der Waals surface area contributed by atoms with Crippen molar-refractivity contribution < 1.29 is 9.53 Å². The van der Waals surface area contributed by atoms with Gasteiger partial charge in [0.1, 0.15) is 5.88 Å². The molecule has 1 amide bonds. The molecule has 1 aromatic rings. The van der Waals surface area contributed by atoms with E-state index in [1.807, 2.05) is 0 Å². The van der Waals surface area contributed by atoms with E-state index in [0.29, 0.717) is 5.69 Å². The number of carbonyl (C=O) groups excluding carboxylic acids is 1. The predicted octanol–water partition coefficient (Wildman–Crippen LogP) is 1.24. The van der Waals surface area contributed by atoms with Gasteiger partial charge in [0.25, 0.3) is 0 Å². The third-order valence-corrected chi connectivity index (χ3v) is 2.70. The van der Waals surface area contributed by atoms with Gasteiger partial charge in [0, 0.05) is 12.8 Å². The minimum atomic E-state index is -0.224. The number of hydrogen-bond donors (Lipinski definition) is 1. The topological polar surface area (TPSA) is 56.2 Å². The summed E-state index contributed by atoms with van der Waals surface area (Å²) in [6, 6.07) is 0. The highest BCUT2D eigenvalue weighted by Crippen LogP contribution is 2.14. The first-order chi connectivity index (χ1) is 7.78. The van der Waals surface area contributed by atoms with Crippen LogP contribution in [0.15, 0.2) is 12.4 Å². The maximum absolute atomic E-state index is 11.0. The molecule has 1 atom stereocenters. The molecule has 0 saturated carbocycles. The van der Waals surface area contributed by atoms with Crippen molar-refractivity contribution in [3.63, 3.8) is 0 Å². The predicted molar refractivity (Wildman–Crippen MR) is 60.6 cm³/mol. The van der Waals surface area contributed by atoms with Crippen molar-refractivity contribution in [3.05, 3.63) is 12.4 Å². The number of aromatic nitrogens is 2. The second kappa shape index (κ2) is 5.32. The summed E-state index contributed by atoms with van der Waals surface area (Å²) in [5.41, 5.74) is 0.670. The molecular weight excluding hydrogens is 230 g/mol. The van der Waals surface area contributed by atoms with Crippen LogP contribution in [0.2, 0.25) is 0 Å². The zero-order valence-corrected chi connectivity index (χ0v) is 9.61. The Hall–Kier alpha value is -1.07. The quantitative estimate of drug-likeness (QED) is 0.810. The molecule has 1 aliphatic rings. The molecule has 0 spiro atoms. The standard InChI is InChI=1S/C10H14ClN3O2/c11-4-10(15)13-8-5-12-14(6-8)7-9-2-1-3-16-9/h5-6,9H,1-4,7H2,(H,13,15). The molecule has 6 heteroatoms. The second-order valence-electron chi connectivity index (χ2n) is 3.77. The van der Waals surface area contributed by atoms with E-state index in [1.54, 1.807) is 17.1 Å². The number of carbonyl (C=O) groups is 1. The molecule has 0 bridgehead atoms. The summed E-state index contributed by atoms with van der Waals surface area (Å²) in [7, 11) is 0. The van der Waals surface area contributed by atoms with Crippen LogP contribution >= 0.6 is 11.6 Å². The number of halogens is 1. The molecule has 1 saturated heterocycles. The summed E-state index contributed by atoms with van der Waals surface area (Å²) in [4.78, 5) is 11.0. The Balaban J connectivity index is 1.88. The molecule has 16 heavy (non-hydrogen) atoms. The van der Waals surface area contributed by atoms with E-state index in [9.17, 15) is 4.79 Å². The van der Waals surface area contributed by atoms with Crippen LogP contribution in [0.4, 0.5) is 5.69 Å². The first-order valence-corrected chi connectivity index (χ1v) is 5.81. The molecule has 1 aromatic heterocycles. The maximum atomic E-state index is 11.0. The van der Waals surface area contributed by atoms with E-state index < -0.39 is 0 Å². The van der Waals surface area contributed by atoms with Gasteiger partial charge in [0.2, 0.25) is 5.91 Å². The second-order valence-corrected chi connectivity index (χ2v) is 4.04. The number of anilines is 1. The largest absolute Gasteiger partial charge is 0.376 e. The number of rotatable bonds is 4. The summed E-state index contributed by atoms with van der Waals surface area (Å²) in [6.45, 7) is 1.57. The van der Waals surface area contributed by atoms with Crippen LogP contribution in [0.3, 0.4) is 0 Å². The molecular formula is C10H14ClN3O2. The Morgan fingerprint density at radius 3 is 3.31 bits per heavy atom. The lowest BCUT2D eigenvalue weighted by Crippen LogP contribution is -2.15. The summed E-state index contributed by atoms with van der Waals surface area (Å²) in [5, 5.41) is 6.79. The highest BCUT2D eigenvalue weighted by molar-refractivity contribution is 6.29. The fourth-order valence-corrected chi connectivity index (χ4v) is 1.79. The summed E-state index contributed by atoms with van der Waals surface area (Å²) < 4.78 is 7.28. The van der Waals surface area contributed by atoms with Crippen LogP contribution in [0.1, 0.15) is 12.8 Å². The molecule has 2 rings (SSSR count). The number of ether oxygens (including phenoxy) is 1. The van der Waals surface area contributed by atoms with Gasteiger partial charge >= 0.3 is 0 Å². The SMILES string of the molecule is O=C(CCl)Nc1cnn(CC2CCCO2)c1. The van der Waals surface area contributed by atoms with E-state index in [4.69, 9.17) is 16.3 Å². The van der Waals surface area contributed by atoms with Gasteiger partial charge in [-0.15, -0.1) is 11.6 Å². The van der Waals surface area contributed by atoms with Crippen molar-refractivity contribution in [3.8, 4) is 0 Å². The molecule has 0 aromatic carbocycles. The molecule has 5 nitrogen and oxygen atoms in total. The highest BCUT2D eigenvalue weighted by atomic mass is 35.5. The van der Waals surface area contributed by atoms with Gasteiger partial charge in [0.15, 0.2) is 0 Å². The van der Waals surface area contributed by atoms with E-state index in [2.05, 4.69) is 10.4 Å². The maximum Gasteiger partial charge on any atom is 0.239 e. The zero-order chi connectivity index (χ0) is 11.4. The average Bonchev–Trinajstić information content (AvgIpc) is 2.91. The van der Waals surface area contributed by atoms with Gasteiger partial charge < -0.3 is 10.1 Å². The molecule has 1 unspecified atom stereocenters. The van der Waals surface area contributed by atoms with Gasteiger partial charge in [-0.2, -0.15) is 5.10 Å². The van der Waals surface area contributed by atoms with Gasteiger partial charge in [0.05, 0.1) is 24.5 Å². The Bertz CT molecular complexity index is 361. The molecule has 1 aliphatic heterocycles. The Morgan fingerprint density at radius 1 is 1.75 bits per heavy atom. The lowest BCUT2D eigenvalue weighted by molar-refractivity contribution is -0.113. The Kier molecular flexibility index (Phi) is 3.79. The molecule has 1 N–H and O–H groups in total. The number of alkyl halides is 1.